The lowest BCUT2D eigenvalue weighted by Gasteiger charge is -1.85. The molecule has 0 atom stereocenters. The van der Waals surface area contributed by atoms with Crippen molar-refractivity contribution in [2.45, 2.75) is 6.42 Å². The molecule has 72 valence electrons. The van der Waals surface area contributed by atoms with Crippen LogP contribution in [0.1, 0.15) is 5.69 Å². The first-order valence-corrected chi connectivity index (χ1v) is 4.72. The van der Waals surface area contributed by atoms with Gasteiger partial charge in [0.2, 0.25) is 0 Å². The van der Waals surface area contributed by atoms with Gasteiger partial charge in [-0.3, -0.25) is 0 Å². The van der Waals surface area contributed by atoms with E-state index in [9.17, 15) is 4.79 Å². The van der Waals surface area contributed by atoms with Crippen LogP contribution in [0.25, 0.3) is 11.7 Å². The molecule has 0 spiro atoms. The van der Waals surface area contributed by atoms with Gasteiger partial charge in [0, 0.05) is 6.42 Å². The topological polar surface area (TPSA) is 56.2 Å². The molecule has 2 heterocycles. The van der Waals surface area contributed by atoms with Crippen molar-refractivity contribution in [3.8, 4) is 11.7 Å². The van der Waals surface area contributed by atoms with Crippen molar-refractivity contribution in [1.82, 2.24) is 4.98 Å². The van der Waals surface area contributed by atoms with Crippen LogP contribution in [-0.4, -0.2) is 11.3 Å². The maximum absolute atomic E-state index is 10.2. The van der Waals surface area contributed by atoms with Crippen LogP contribution in [-0.2, 0) is 11.2 Å². The molecule has 2 rings (SSSR count). The van der Waals surface area contributed by atoms with Crippen molar-refractivity contribution in [2.24, 2.45) is 0 Å². The summed E-state index contributed by atoms with van der Waals surface area (Å²) in [7, 11) is 0. The number of oxazole rings is 1. The predicted octanol–water partition coefficient (Wildman–Crippen LogP) is 2.44. The number of hydrogen-bond acceptors (Lipinski definition) is 4. The van der Waals surface area contributed by atoms with E-state index in [0.717, 1.165) is 6.29 Å². The van der Waals surface area contributed by atoms with E-state index in [0.29, 0.717) is 22.0 Å². The van der Waals surface area contributed by atoms with Gasteiger partial charge < -0.3 is 13.6 Å². The lowest BCUT2D eigenvalue weighted by Crippen LogP contribution is -1.84. The molecular formula is C9H6BrNO3. The molecule has 0 unspecified atom stereocenters. The number of furan rings is 1. The Hall–Kier alpha value is -1.36. The first-order chi connectivity index (χ1) is 6.79. The van der Waals surface area contributed by atoms with Gasteiger partial charge in [-0.25, -0.2) is 4.98 Å². The molecular weight excluding hydrogens is 250 g/mol. The van der Waals surface area contributed by atoms with Crippen molar-refractivity contribution < 1.29 is 13.6 Å². The molecule has 0 fully saturated rings. The summed E-state index contributed by atoms with van der Waals surface area (Å²) in [5.41, 5.74) is 0.600. The fourth-order valence-corrected chi connectivity index (χ4v) is 1.34. The Morgan fingerprint density at radius 3 is 3.00 bits per heavy atom. The second kappa shape index (κ2) is 3.79. The maximum Gasteiger partial charge on any atom is 0.263 e. The van der Waals surface area contributed by atoms with Gasteiger partial charge in [-0.2, -0.15) is 0 Å². The van der Waals surface area contributed by atoms with Gasteiger partial charge in [0.1, 0.15) is 12.5 Å². The number of rotatable bonds is 3. The molecule has 0 bridgehead atoms. The van der Waals surface area contributed by atoms with Crippen molar-refractivity contribution in [3.63, 3.8) is 0 Å². The predicted molar refractivity (Wildman–Crippen MR) is 51.7 cm³/mol. The van der Waals surface area contributed by atoms with Crippen LogP contribution >= 0.6 is 15.9 Å². The molecule has 0 radical (unpaired) electrons. The third kappa shape index (κ3) is 1.77. The van der Waals surface area contributed by atoms with Gasteiger partial charge in [0.15, 0.2) is 10.4 Å². The monoisotopic (exact) mass is 255 g/mol. The van der Waals surface area contributed by atoms with E-state index in [-0.39, 0.29) is 6.42 Å². The van der Waals surface area contributed by atoms with Gasteiger partial charge in [-0.1, -0.05) is 0 Å². The highest BCUT2D eigenvalue weighted by molar-refractivity contribution is 9.10. The zero-order valence-electron chi connectivity index (χ0n) is 7.07. The fourth-order valence-electron chi connectivity index (χ4n) is 1.03. The fraction of sp³-hybridized carbons (Fsp3) is 0.111. The van der Waals surface area contributed by atoms with E-state index in [4.69, 9.17) is 8.83 Å². The standard InChI is InChI=1S/C9H6BrNO3/c10-8-2-1-7(14-8)9-11-6(3-4-12)5-13-9/h1-2,4-5H,3H2. The van der Waals surface area contributed by atoms with Crippen molar-refractivity contribution in [3.05, 3.63) is 28.8 Å². The van der Waals surface area contributed by atoms with Crippen LogP contribution in [0.2, 0.25) is 0 Å². The molecule has 0 saturated heterocycles. The molecule has 2 aromatic heterocycles. The summed E-state index contributed by atoms with van der Waals surface area (Å²) in [6.45, 7) is 0. The Morgan fingerprint density at radius 1 is 1.50 bits per heavy atom. The summed E-state index contributed by atoms with van der Waals surface area (Å²) in [6, 6.07) is 3.49. The lowest BCUT2D eigenvalue weighted by atomic mass is 10.4. The second-order valence-corrected chi connectivity index (χ2v) is 3.40. The van der Waals surface area contributed by atoms with Crippen LogP contribution in [0.3, 0.4) is 0 Å². The lowest BCUT2D eigenvalue weighted by molar-refractivity contribution is -0.107. The number of nitrogens with zero attached hydrogens (tertiary/aromatic N) is 1. The molecule has 0 aliphatic carbocycles. The van der Waals surface area contributed by atoms with E-state index in [1.165, 1.54) is 6.26 Å². The van der Waals surface area contributed by atoms with Crippen LogP contribution in [0.15, 0.2) is 31.9 Å². The molecule has 0 aliphatic heterocycles. The Labute approximate surface area is 88.1 Å². The molecule has 2 aromatic rings. The Balaban J connectivity index is 2.28. The van der Waals surface area contributed by atoms with Crippen LogP contribution in [0.4, 0.5) is 0 Å². The Bertz CT molecular complexity index is 446. The van der Waals surface area contributed by atoms with Gasteiger partial charge in [0.05, 0.1) is 5.69 Å². The van der Waals surface area contributed by atoms with Gasteiger partial charge in [-0.05, 0) is 28.1 Å². The SMILES string of the molecule is O=CCc1coc(-c2ccc(Br)o2)n1. The molecule has 0 amide bonds. The zero-order chi connectivity index (χ0) is 9.97. The molecule has 5 heteroatoms. The molecule has 14 heavy (non-hydrogen) atoms. The highest BCUT2D eigenvalue weighted by atomic mass is 79.9. The Morgan fingerprint density at radius 2 is 2.36 bits per heavy atom. The Kier molecular flexibility index (Phi) is 2.49. The number of aldehydes is 1. The molecule has 0 aromatic carbocycles. The first-order valence-electron chi connectivity index (χ1n) is 3.93. The first kappa shape index (κ1) is 9.21. The third-order valence-electron chi connectivity index (χ3n) is 1.63. The minimum atomic E-state index is 0.255. The number of aromatic nitrogens is 1. The van der Waals surface area contributed by atoms with E-state index in [2.05, 4.69) is 20.9 Å². The van der Waals surface area contributed by atoms with Gasteiger partial charge >= 0.3 is 0 Å². The number of carbonyl (C=O) groups is 1. The van der Waals surface area contributed by atoms with Crippen molar-refractivity contribution >= 4 is 22.2 Å². The average molecular weight is 256 g/mol. The minimum Gasteiger partial charge on any atom is -0.444 e. The zero-order valence-corrected chi connectivity index (χ0v) is 8.65. The summed E-state index contributed by atoms with van der Waals surface area (Å²) < 4.78 is 11.0. The summed E-state index contributed by atoms with van der Waals surface area (Å²) in [5, 5.41) is 0. The number of hydrogen-bond donors (Lipinski definition) is 0. The molecule has 4 nitrogen and oxygen atoms in total. The largest absolute Gasteiger partial charge is 0.444 e. The third-order valence-corrected chi connectivity index (χ3v) is 2.05. The van der Waals surface area contributed by atoms with E-state index in [1.54, 1.807) is 12.1 Å². The normalized spacial score (nSPS) is 10.4. The summed E-state index contributed by atoms with van der Waals surface area (Å²) in [4.78, 5) is 14.3. The second-order valence-electron chi connectivity index (χ2n) is 2.62. The highest BCUT2D eigenvalue weighted by Gasteiger charge is 2.09. The van der Waals surface area contributed by atoms with E-state index < -0.39 is 0 Å². The van der Waals surface area contributed by atoms with Gasteiger partial charge in [0.25, 0.3) is 5.89 Å². The van der Waals surface area contributed by atoms with E-state index in [1.807, 2.05) is 0 Å². The van der Waals surface area contributed by atoms with Gasteiger partial charge in [-0.15, -0.1) is 0 Å². The summed E-state index contributed by atoms with van der Waals surface area (Å²) in [5.74, 6) is 0.918. The van der Waals surface area contributed by atoms with Crippen LogP contribution < -0.4 is 0 Å². The minimum absolute atomic E-state index is 0.255. The highest BCUT2D eigenvalue weighted by Crippen LogP contribution is 2.24. The molecule has 0 saturated carbocycles. The molecule has 0 aliphatic rings. The van der Waals surface area contributed by atoms with E-state index >= 15 is 0 Å². The summed E-state index contributed by atoms with van der Waals surface area (Å²) >= 11 is 3.17. The van der Waals surface area contributed by atoms with Crippen LogP contribution in [0.5, 0.6) is 0 Å². The number of carbonyl (C=O) groups excluding carboxylic acids is 1. The van der Waals surface area contributed by atoms with Crippen molar-refractivity contribution in [2.75, 3.05) is 0 Å². The maximum atomic E-state index is 10.2. The smallest absolute Gasteiger partial charge is 0.263 e. The van der Waals surface area contributed by atoms with Crippen molar-refractivity contribution in [1.29, 1.82) is 0 Å². The van der Waals surface area contributed by atoms with Crippen LogP contribution in [0, 0.1) is 0 Å². The number of halogens is 1. The average Bonchev–Trinajstić information content (AvgIpc) is 2.74. The summed E-state index contributed by atoms with van der Waals surface area (Å²) in [6.07, 6.45) is 2.48. The quantitative estimate of drug-likeness (QED) is 0.791. The molecule has 0 N–H and O–H groups in total.